The number of aryl methyl sites for hydroxylation is 2. The predicted molar refractivity (Wildman–Crippen MR) is 173 cm³/mol. The van der Waals surface area contributed by atoms with Gasteiger partial charge >= 0.3 is 5.97 Å². The van der Waals surface area contributed by atoms with Crippen molar-refractivity contribution in [2.75, 3.05) is 52.3 Å². The summed E-state index contributed by atoms with van der Waals surface area (Å²) in [5.74, 6) is -1.45. The highest BCUT2D eigenvalue weighted by Gasteiger charge is 2.21. The van der Waals surface area contributed by atoms with Gasteiger partial charge in [0, 0.05) is 74.8 Å². The van der Waals surface area contributed by atoms with Crippen molar-refractivity contribution in [2.45, 2.75) is 25.8 Å². The fourth-order valence-corrected chi connectivity index (χ4v) is 5.04. The number of aromatic nitrogens is 2. The van der Waals surface area contributed by atoms with Crippen LogP contribution in [-0.2, 0) is 32.6 Å². The van der Waals surface area contributed by atoms with Crippen LogP contribution in [0.25, 0.3) is 11.1 Å². The number of rotatable bonds is 11. The third-order valence-corrected chi connectivity index (χ3v) is 7.78. The first-order chi connectivity index (χ1) is 22.1. The number of hydrogen-bond acceptors (Lipinski definition) is 9. The minimum absolute atomic E-state index is 0.00897. The second kappa shape index (κ2) is 15.7. The Labute approximate surface area is 268 Å². The van der Waals surface area contributed by atoms with Crippen molar-refractivity contribution in [3.63, 3.8) is 0 Å². The molecule has 0 spiro atoms. The van der Waals surface area contributed by atoms with Crippen LogP contribution in [0.15, 0.2) is 60.9 Å². The Hall–Kier alpha value is -5.17. The molecule has 3 N–H and O–H groups in total. The van der Waals surface area contributed by atoms with E-state index in [4.69, 9.17) is 4.74 Å². The van der Waals surface area contributed by atoms with Crippen LogP contribution in [0.3, 0.4) is 0 Å². The fourth-order valence-electron chi connectivity index (χ4n) is 5.04. The number of methoxy groups -OCH3 is 2. The number of carbonyl (C=O) groups is 4. The number of carbonyl (C=O) groups excluding carboxylic acids is 4. The minimum atomic E-state index is -0.693. The number of nitrogens with zero attached hydrogens (tertiary/aromatic N) is 4. The lowest BCUT2D eigenvalue weighted by Crippen LogP contribution is -2.44. The molecule has 1 aliphatic heterocycles. The van der Waals surface area contributed by atoms with Crippen molar-refractivity contribution >= 4 is 29.4 Å². The molecule has 0 bridgehead atoms. The molecular formula is C33H41N7O6. The first-order valence-electron chi connectivity index (χ1n) is 15.0. The van der Waals surface area contributed by atoms with Crippen LogP contribution in [-0.4, -0.2) is 85.8 Å². The summed E-state index contributed by atoms with van der Waals surface area (Å²) in [5.41, 5.74) is 9.35. The zero-order chi connectivity index (χ0) is 33.2. The molecular weight excluding hydrogens is 590 g/mol. The second-order valence-electron chi connectivity index (χ2n) is 11.1. The van der Waals surface area contributed by atoms with Gasteiger partial charge in [-0.3, -0.25) is 29.9 Å². The molecule has 1 fully saturated rings. The Morgan fingerprint density at radius 3 is 2.39 bits per heavy atom. The van der Waals surface area contributed by atoms with E-state index in [2.05, 4.69) is 42.9 Å². The highest BCUT2D eigenvalue weighted by molar-refractivity contribution is 5.97. The van der Waals surface area contributed by atoms with Crippen LogP contribution < -0.4 is 25.8 Å². The molecule has 1 atom stereocenters. The molecule has 4 rings (SSSR count). The van der Waals surface area contributed by atoms with Crippen molar-refractivity contribution in [1.29, 1.82) is 0 Å². The highest BCUT2D eigenvalue weighted by Crippen LogP contribution is 2.29. The van der Waals surface area contributed by atoms with Gasteiger partial charge in [0.1, 0.15) is 5.75 Å². The number of esters is 1. The van der Waals surface area contributed by atoms with Gasteiger partial charge in [-0.25, -0.2) is 4.79 Å². The summed E-state index contributed by atoms with van der Waals surface area (Å²) < 4.78 is 11.7. The maximum absolute atomic E-state index is 13.9. The van der Waals surface area contributed by atoms with Gasteiger partial charge in [0.2, 0.25) is 5.91 Å². The summed E-state index contributed by atoms with van der Waals surface area (Å²) in [6, 6.07) is 11.2. The standard InChI is InChI=1S/C33H41N7O6/c1-22(24-16-25(18-28(17-24)45-4)26-20-34-39(3)21-26)35-33(44)29-19-27(40-14-12-38(2)13-15-40)8-6-23(29)7-9-30(41)36-37-31(42)10-11-32(43)46-5/h6,8,10-11,16-22H,7,9,12-15H2,1-5H3,(H,35,44)(H,36,41)(H,37,42)/b11-10+/t22-/m1/s1. The van der Waals surface area contributed by atoms with Crippen LogP contribution in [0.5, 0.6) is 5.75 Å². The van der Waals surface area contributed by atoms with E-state index in [0.29, 0.717) is 16.9 Å². The number of hydrazine groups is 1. The minimum Gasteiger partial charge on any atom is -0.497 e. The van der Waals surface area contributed by atoms with Crippen LogP contribution >= 0.6 is 0 Å². The molecule has 0 unspecified atom stereocenters. The maximum Gasteiger partial charge on any atom is 0.330 e. The number of nitrogens with one attached hydrogen (secondary N) is 3. The van der Waals surface area contributed by atoms with Crippen LogP contribution in [0.1, 0.15) is 40.9 Å². The molecule has 46 heavy (non-hydrogen) atoms. The number of likely N-dealkylation sites (N-methyl/N-ethyl adjacent to an activating group) is 1. The summed E-state index contributed by atoms with van der Waals surface area (Å²) in [6.07, 6.45) is 5.85. The van der Waals surface area contributed by atoms with E-state index in [1.165, 1.54) is 7.11 Å². The number of piperazine rings is 1. The van der Waals surface area contributed by atoms with Gasteiger partial charge in [-0.05, 0) is 67.4 Å². The number of ether oxygens (including phenoxy) is 2. The molecule has 2 heterocycles. The van der Waals surface area contributed by atoms with E-state index in [0.717, 1.165) is 60.7 Å². The van der Waals surface area contributed by atoms with E-state index in [1.54, 1.807) is 18.0 Å². The molecule has 3 aromatic rings. The molecule has 13 heteroatoms. The molecule has 1 aromatic heterocycles. The van der Waals surface area contributed by atoms with Crippen molar-refractivity contribution in [3.05, 3.63) is 77.6 Å². The topological polar surface area (TPSA) is 147 Å². The quantitative estimate of drug-likeness (QED) is 0.165. The average Bonchev–Trinajstić information content (AvgIpc) is 3.51. The van der Waals surface area contributed by atoms with Crippen LogP contribution in [0, 0.1) is 0 Å². The van der Waals surface area contributed by atoms with Gasteiger partial charge in [0.15, 0.2) is 0 Å². The van der Waals surface area contributed by atoms with Gasteiger partial charge in [-0.2, -0.15) is 5.10 Å². The highest BCUT2D eigenvalue weighted by atomic mass is 16.5. The first kappa shape index (κ1) is 33.7. The van der Waals surface area contributed by atoms with Crippen molar-refractivity contribution < 1.29 is 28.7 Å². The lowest BCUT2D eigenvalue weighted by atomic mass is 9.98. The van der Waals surface area contributed by atoms with Crippen molar-refractivity contribution in [3.8, 4) is 16.9 Å². The summed E-state index contributed by atoms with van der Waals surface area (Å²) >= 11 is 0. The van der Waals surface area contributed by atoms with E-state index in [9.17, 15) is 19.2 Å². The summed E-state index contributed by atoms with van der Waals surface area (Å²) in [5, 5.41) is 7.41. The van der Waals surface area contributed by atoms with Crippen molar-refractivity contribution in [1.82, 2.24) is 30.8 Å². The number of amides is 3. The molecule has 0 aliphatic carbocycles. The smallest absolute Gasteiger partial charge is 0.330 e. The predicted octanol–water partition coefficient (Wildman–Crippen LogP) is 2.15. The normalized spacial score (nSPS) is 14.1. The SMILES string of the molecule is COC(=O)/C=C/C(=O)NNC(=O)CCc1ccc(N2CCN(C)CC2)cc1C(=O)N[C@H](C)c1cc(OC)cc(-c2cnn(C)c2)c1. The Kier molecular flexibility index (Phi) is 11.5. The Bertz CT molecular complexity index is 1590. The molecule has 244 valence electrons. The van der Waals surface area contributed by atoms with E-state index in [1.807, 2.05) is 56.6 Å². The molecule has 1 saturated heterocycles. The second-order valence-corrected chi connectivity index (χ2v) is 11.1. The largest absolute Gasteiger partial charge is 0.497 e. The number of benzene rings is 2. The van der Waals surface area contributed by atoms with Crippen LogP contribution in [0.2, 0.25) is 0 Å². The average molecular weight is 632 g/mol. The van der Waals surface area contributed by atoms with Gasteiger partial charge in [-0.15, -0.1) is 0 Å². The van der Waals surface area contributed by atoms with Gasteiger partial charge < -0.3 is 24.6 Å². The Morgan fingerprint density at radius 1 is 0.957 bits per heavy atom. The summed E-state index contributed by atoms with van der Waals surface area (Å²) in [7, 11) is 6.73. The lowest BCUT2D eigenvalue weighted by molar-refractivity contribution is -0.135. The van der Waals surface area contributed by atoms with E-state index in [-0.39, 0.29) is 24.8 Å². The molecule has 0 radical (unpaired) electrons. The third kappa shape index (κ3) is 9.17. The zero-order valence-electron chi connectivity index (χ0n) is 26.8. The zero-order valence-corrected chi connectivity index (χ0v) is 26.8. The number of hydrogen-bond donors (Lipinski definition) is 3. The van der Waals surface area contributed by atoms with E-state index >= 15 is 0 Å². The fraction of sp³-hybridized carbons (Fsp3) is 0.364. The van der Waals surface area contributed by atoms with Gasteiger partial charge in [-0.1, -0.05) is 6.07 Å². The van der Waals surface area contributed by atoms with Crippen molar-refractivity contribution in [2.24, 2.45) is 7.05 Å². The van der Waals surface area contributed by atoms with Gasteiger partial charge in [0.05, 0.1) is 26.5 Å². The summed E-state index contributed by atoms with van der Waals surface area (Å²) in [4.78, 5) is 54.0. The maximum atomic E-state index is 13.9. The lowest BCUT2D eigenvalue weighted by Gasteiger charge is -2.34. The van der Waals surface area contributed by atoms with Crippen LogP contribution in [0.4, 0.5) is 5.69 Å². The Morgan fingerprint density at radius 2 is 1.72 bits per heavy atom. The summed E-state index contributed by atoms with van der Waals surface area (Å²) in [6.45, 7) is 5.41. The first-order valence-corrected chi connectivity index (χ1v) is 15.0. The van der Waals surface area contributed by atoms with Gasteiger partial charge in [0.25, 0.3) is 11.8 Å². The molecule has 2 aromatic carbocycles. The number of anilines is 1. The Balaban J connectivity index is 1.51. The molecule has 1 aliphatic rings. The molecule has 0 saturated carbocycles. The van der Waals surface area contributed by atoms with E-state index < -0.39 is 17.8 Å². The molecule has 13 nitrogen and oxygen atoms in total. The third-order valence-electron chi connectivity index (χ3n) is 7.78. The molecule has 3 amide bonds. The monoisotopic (exact) mass is 631 g/mol.